The van der Waals surface area contributed by atoms with Crippen LogP contribution in [0.25, 0.3) is 0 Å². The fraction of sp³-hybridized carbons (Fsp3) is 0.200. The van der Waals surface area contributed by atoms with E-state index < -0.39 is 11.8 Å². The van der Waals surface area contributed by atoms with Gasteiger partial charge in [-0.25, -0.2) is 4.79 Å². The maximum Gasteiger partial charge on any atom is 0.345 e. The van der Waals surface area contributed by atoms with Crippen LogP contribution in [0.5, 0.6) is 11.5 Å². The first-order chi connectivity index (χ1) is 12.2. The molecule has 25 heavy (non-hydrogen) atoms. The fourth-order valence-corrected chi connectivity index (χ4v) is 2.02. The Bertz CT molecular complexity index is 732. The van der Waals surface area contributed by atoms with E-state index >= 15 is 0 Å². The predicted octanol–water partition coefficient (Wildman–Crippen LogP) is 4.15. The summed E-state index contributed by atoms with van der Waals surface area (Å²) in [6.45, 7) is 3.97. The molecule has 0 saturated heterocycles. The van der Waals surface area contributed by atoms with Gasteiger partial charge in [-0.1, -0.05) is 18.2 Å². The second-order valence-electron chi connectivity index (χ2n) is 4.98. The summed E-state index contributed by atoms with van der Waals surface area (Å²) >= 11 is 0. The van der Waals surface area contributed by atoms with Crippen LogP contribution < -0.4 is 4.74 Å². The largest absolute Gasteiger partial charge is 0.500 e. The van der Waals surface area contributed by atoms with Crippen molar-refractivity contribution in [2.75, 3.05) is 13.2 Å². The molecule has 0 atom stereocenters. The summed E-state index contributed by atoms with van der Waals surface area (Å²) in [6, 6.07) is 15.9. The van der Waals surface area contributed by atoms with Crippen LogP contribution in [0, 0.1) is 0 Å². The van der Waals surface area contributed by atoms with Crippen LogP contribution in [-0.2, 0) is 14.3 Å². The Morgan fingerprint density at radius 3 is 2.12 bits per heavy atom. The van der Waals surface area contributed by atoms with E-state index in [1.165, 1.54) is 0 Å². The van der Waals surface area contributed by atoms with Crippen molar-refractivity contribution in [3.63, 3.8) is 0 Å². The highest BCUT2D eigenvalue weighted by atomic mass is 16.5. The van der Waals surface area contributed by atoms with Gasteiger partial charge in [0.15, 0.2) is 0 Å². The second-order valence-corrected chi connectivity index (χ2v) is 4.98. The van der Waals surface area contributed by atoms with Gasteiger partial charge in [0.25, 0.3) is 0 Å². The zero-order chi connectivity index (χ0) is 18.1. The van der Waals surface area contributed by atoms with Crippen LogP contribution in [0.15, 0.2) is 66.4 Å². The van der Waals surface area contributed by atoms with Crippen LogP contribution in [0.4, 0.5) is 0 Å². The van der Waals surface area contributed by atoms with E-state index in [0.29, 0.717) is 23.7 Å². The molecule has 0 heterocycles. The molecule has 2 aromatic rings. The van der Waals surface area contributed by atoms with E-state index in [-0.39, 0.29) is 12.2 Å². The third kappa shape index (κ3) is 5.21. The van der Waals surface area contributed by atoms with Crippen molar-refractivity contribution < 1.29 is 23.8 Å². The first-order valence-corrected chi connectivity index (χ1v) is 8.02. The maximum atomic E-state index is 12.5. The molecule has 0 aliphatic heterocycles. The average Bonchev–Trinajstić information content (AvgIpc) is 2.63. The number of ether oxygens (including phenoxy) is 3. The maximum absolute atomic E-state index is 12.5. The number of hydrogen-bond donors (Lipinski definition) is 0. The Balaban J connectivity index is 2.15. The van der Waals surface area contributed by atoms with Crippen LogP contribution >= 0.6 is 0 Å². The molecule has 0 amide bonds. The summed E-state index contributed by atoms with van der Waals surface area (Å²) in [6.07, 6.45) is 1.15. The topological polar surface area (TPSA) is 61.8 Å². The van der Waals surface area contributed by atoms with Gasteiger partial charge in [0.2, 0.25) is 5.78 Å². The fourth-order valence-electron chi connectivity index (χ4n) is 2.02. The lowest BCUT2D eigenvalue weighted by Crippen LogP contribution is -2.16. The first kappa shape index (κ1) is 18.3. The molecule has 5 heteroatoms. The minimum absolute atomic E-state index is 0.138. The minimum Gasteiger partial charge on any atom is -0.500 e. The lowest BCUT2D eigenvalue weighted by atomic mass is 10.0. The van der Waals surface area contributed by atoms with E-state index in [9.17, 15) is 9.59 Å². The summed E-state index contributed by atoms with van der Waals surface area (Å²) in [4.78, 5) is 24.5. The molecule has 0 fully saturated rings. The Kier molecular flexibility index (Phi) is 6.77. The van der Waals surface area contributed by atoms with Crippen molar-refractivity contribution in [1.82, 2.24) is 0 Å². The molecule has 0 aromatic heterocycles. The van der Waals surface area contributed by atoms with Gasteiger partial charge in [-0.15, -0.1) is 0 Å². The first-order valence-electron chi connectivity index (χ1n) is 8.02. The number of hydrogen-bond acceptors (Lipinski definition) is 5. The lowest BCUT2D eigenvalue weighted by Gasteiger charge is -2.08. The number of carbonyl (C=O) groups is 2. The number of ketones is 1. The molecular formula is C20H20O5. The van der Waals surface area contributed by atoms with Gasteiger partial charge in [-0.05, 0) is 50.2 Å². The highest BCUT2D eigenvalue weighted by Gasteiger charge is 2.22. The van der Waals surface area contributed by atoms with E-state index in [2.05, 4.69) is 0 Å². The van der Waals surface area contributed by atoms with Gasteiger partial charge in [-0.2, -0.15) is 0 Å². The Labute approximate surface area is 146 Å². The van der Waals surface area contributed by atoms with Crippen molar-refractivity contribution >= 4 is 11.8 Å². The minimum atomic E-state index is -0.703. The number of carbonyl (C=O) groups excluding carboxylic acids is 2. The van der Waals surface area contributed by atoms with Gasteiger partial charge in [-0.3, -0.25) is 4.79 Å². The highest BCUT2D eigenvalue weighted by Crippen LogP contribution is 2.22. The second kappa shape index (κ2) is 9.27. The van der Waals surface area contributed by atoms with Crippen LogP contribution in [0.1, 0.15) is 24.2 Å². The smallest absolute Gasteiger partial charge is 0.345 e. The summed E-state index contributed by atoms with van der Waals surface area (Å²) < 4.78 is 15.7. The lowest BCUT2D eigenvalue weighted by molar-refractivity contribution is -0.138. The third-order valence-corrected chi connectivity index (χ3v) is 3.20. The molecule has 2 rings (SSSR count). The molecule has 0 unspecified atom stereocenters. The van der Waals surface area contributed by atoms with Crippen molar-refractivity contribution in [2.45, 2.75) is 13.8 Å². The molecule has 2 aromatic carbocycles. The highest BCUT2D eigenvalue weighted by molar-refractivity contribution is 6.24. The standard InChI is InChI=1S/C20H20O5/c1-3-23-14-18(20(22)24-4-2)19(21)15-10-12-17(13-11-15)25-16-8-6-5-7-9-16/h5-14H,3-4H2,1-2H3. The molecule has 0 N–H and O–H groups in total. The number of para-hydroxylation sites is 1. The molecule has 0 saturated carbocycles. The zero-order valence-electron chi connectivity index (χ0n) is 14.2. The summed E-state index contributed by atoms with van der Waals surface area (Å²) in [5, 5.41) is 0. The average molecular weight is 340 g/mol. The molecule has 0 bridgehead atoms. The Hall–Kier alpha value is -3.08. The van der Waals surface area contributed by atoms with Crippen molar-refractivity contribution in [1.29, 1.82) is 0 Å². The van der Waals surface area contributed by atoms with Crippen LogP contribution in [-0.4, -0.2) is 25.0 Å². The molecule has 5 nitrogen and oxygen atoms in total. The third-order valence-electron chi connectivity index (χ3n) is 3.20. The summed E-state index contributed by atoms with van der Waals surface area (Å²) in [5.74, 6) is 0.128. The number of benzene rings is 2. The van der Waals surface area contributed by atoms with E-state index in [4.69, 9.17) is 14.2 Å². The summed E-state index contributed by atoms with van der Waals surface area (Å²) in [7, 11) is 0. The molecule has 0 spiro atoms. The van der Waals surface area contributed by atoms with E-state index in [0.717, 1.165) is 6.26 Å². The van der Waals surface area contributed by atoms with E-state index in [1.54, 1.807) is 38.1 Å². The molecule has 0 radical (unpaired) electrons. The van der Waals surface area contributed by atoms with Crippen molar-refractivity contribution in [2.24, 2.45) is 0 Å². The Morgan fingerprint density at radius 1 is 0.880 bits per heavy atom. The SMILES string of the molecule is CCOC=C(C(=O)OCC)C(=O)c1ccc(Oc2ccccc2)cc1. The van der Waals surface area contributed by atoms with Crippen LogP contribution in [0.2, 0.25) is 0 Å². The van der Waals surface area contributed by atoms with Crippen molar-refractivity contribution in [3.05, 3.63) is 72.0 Å². The molecule has 0 aliphatic carbocycles. The van der Waals surface area contributed by atoms with Gasteiger partial charge < -0.3 is 14.2 Å². The quantitative estimate of drug-likeness (QED) is 0.180. The van der Waals surface area contributed by atoms with Crippen molar-refractivity contribution in [3.8, 4) is 11.5 Å². The predicted molar refractivity (Wildman–Crippen MR) is 93.6 cm³/mol. The van der Waals surface area contributed by atoms with Crippen LogP contribution in [0.3, 0.4) is 0 Å². The van der Waals surface area contributed by atoms with E-state index in [1.807, 2.05) is 30.3 Å². The molecular weight excluding hydrogens is 320 g/mol. The monoisotopic (exact) mass is 340 g/mol. The number of rotatable bonds is 8. The normalized spacial score (nSPS) is 10.9. The number of esters is 1. The molecule has 0 aliphatic rings. The van der Waals surface area contributed by atoms with Gasteiger partial charge in [0.1, 0.15) is 23.3 Å². The molecule has 130 valence electrons. The Morgan fingerprint density at radius 2 is 1.52 bits per heavy atom. The van der Waals surface area contributed by atoms with Gasteiger partial charge in [0.05, 0.1) is 13.2 Å². The summed E-state index contributed by atoms with van der Waals surface area (Å²) in [5.41, 5.74) is 0.208. The zero-order valence-corrected chi connectivity index (χ0v) is 14.2. The van der Waals surface area contributed by atoms with Gasteiger partial charge >= 0.3 is 5.97 Å². The van der Waals surface area contributed by atoms with Gasteiger partial charge in [0, 0.05) is 5.56 Å². The number of Topliss-reactive ketones (excluding diaryl/α,β-unsaturated/α-hetero) is 1.